The molecule has 1 amide bonds. The SMILES string of the molecule is CCN(C(=O)c1cc(Nc2nc(-c3ccccc3)nc3ccccc23)[nH]n1)C(C)C. The molecule has 152 valence electrons. The van der Waals surface area contributed by atoms with Crippen molar-refractivity contribution in [1.82, 2.24) is 25.1 Å². The van der Waals surface area contributed by atoms with E-state index in [-0.39, 0.29) is 11.9 Å². The molecule has 0 atom stereocenters. The van der Waals surface area contributed by atoms with Crippen LogP contribution in [0.1, 0.15) is 31.3 Å². The van der Waals surface area contributed by atoms with Crippen LogP contribution in [0.4, 0.5) is 11.6 Å². The summed E-state index contributed by atoms with van der Waals surface area (Å²) in [5.41, 5.74) is 2.14. The fourth-order valence-corrected chi connectivity index (χ4v) is 3.40. The Morgan fingerprint density at radius 3 is 2.53 bits per heavy atom. The quantitative estimate of drug-likeness (QED) is 0.493. The van der Waals surface area contributed by atoms with Crippen LogP contribution < -0.4 is 5.32 Å². The Balaban J connectivity index is 1.69. The van der Waals surface area contributed by atoms with Crippen LogP contribution >= 0.6 is 0 Å². The lowest BCUT2D eigenvalue weighted by Gasteiger charge is -2.23. The van der Waals surface area contributed by atoms with Crippen molar-refractivity contribution in [3.63, 3.8) is 0 Å². The first-order valence-electron chi connectivity index (χ1n) is 10.0. The van der Waals surface area contributed by atoms with Crippen LogP contribution in [0.2, 0.25) is 0 Å². The largest absolute Gasteiger partial charge is 0.335 e. The summed E-state index contributed by atoms with van der Waals surface area (Å²) in [5.74, 6) is 1.78. The van der Waals surface area contributed by atoms with Crippen molar-refractivity contribution in [2.45, 2.75) is 26.8 Å². The molecule has 0 fully saturated rings. The molecule has 0 bridgehead atoms. The molecule has 0 aliphatic rings. The third kappa shape index (κ3) is 3.87. The summed E-state index contributed by atoms with van der Waals surface area (Å²) in [6, 6.07) is 19.5. The zero-order valence-electron chi connectivity index (χ0n) is 17.3. The second-order valence-corrected chi connectivity index (χ2v) is 7.26. The van der Waals surface area contributed by atoms with Gasteiger partial charge in [0.1, 0.15) is 11.6 Å². The van der Waals surface area contributed by atoms with Gasteiger partial charge in [0.15, 0.2) is 11.5 Å². The fourth-order valence-electron chi connectivity index (χ4n) is 3.40. The highest BCUT2D eigenvalue weighted by Crippen LogP contribution is 2.27. The Kier molecular flexibility index (Phi) is 5.43. The van der Waals surface area contributed by atoms with Gasteiger partial charge in [0.25, 0.3) is 5.91 Å². The van der Waals surface area contributed by atoms with E-state index in [9.17, 15) is 4.79 Å². The minimum Gasteiger partial charge on any atom is -0.335 e. The van der Waals surface area contributed by atoms with E-state index in [1.165, 1.54) is 0 Å². The zero-order valence-corrected chi connectivity index (χ0v) is 17.3. The van der Waals surface area contributed by atoms with E-state index in [0.717, 1.165) is 16.5 Å². The first-order valence-corrected chi connectivity index (χ1v) is 10.0. The Bertz CT molecular complexity index is 1170. The maximum absolute atomic E-state index is 12.7. The zero-order chi connectivity index (χ0) is 21.1. The van der Waals surface area contributed by atoms with E-state index in [0.29, 0.717) is 29.7 Å². The highest BCUT2D eigenvalue weighted by molar-refractivity contribution is 5.95. The molecule has 4 rings (SSSR count). The number of nitrogens with zero attached hydrogens (tertiary/aromatic N) is 4. The molecular formula is C23H24N6O. The summed E-state index contributed by atoms with van der Waals surface area (Å²) in [6.07, 6.45) is 0. The Morgan fingerprint density at radius 2 is 1.80 bits per heavy atom. The van der Waals surface area contributed by atoms with Crippen LogP contribution in [-0.2, 0) is 0 Å². The van der Waals surface area contributed by atoms with Gasteiger partial charge in [-0.3, -0.25) is 9.89 Å². The fraction of sp³-hybridized carbons (Fsp3) is 0.217. The third-order valence-electron chi connectivity index (χ3n) is 4.91. The Labute approximate surface area is 175 Å². The van der Waals surface area contributed by atoms with Gasteiger partial charge >= 0.3 is 0 Å². The van der Waals surface area contributed by atoms with E-state index in [1.54, 1.807) is 11.0 Å². The number of fused-ring (bicyclic) bond motifs is 1. The van der Waals surface area contributed by atoms with Gasteiger partial charge in [-0.05, 0) is 32.9 Å². The van der Waals surface area contributed by atoms with Crippen molar-refractivity contribution in [3.8, 4) is 11.4 Å². The van der Waals surface area contributed by atoms with Crippen molar-refractivity contribution < 1.29 is 4.79 Å². The standard InChI is InChI=1S/C23H24N6O/c1-4-29(15(2)3)23(30)19-14-20(28-27-19)25-22-17-12-8-9-13-18(17)24-21(26-22)16-10-6-5-7-11-16/h5-15H,4H2,1-3H3,(H2,24,25,26,27,28). The lowest BCUT2D eigenvalue weighted by atomic mass is 10.2. The smallest absolute Gasteiger partial charge is 0.274 e. The summed E-state index contributed by atoms with van der Waals surface area (Å²) in [4.78, 5) is 23.9. The number of anilines is 2. The first kappa shape index (κ1) is 19.6. The predicted octanol–water partition coefficient (Wildman–Crippen LogP) is 4.63. The molecule has 4 aromatic rings. The molecule has 2 heterocycles. The summed E-state index contributed by atoms with van der Waals surface area (Å²) >= 11 is 0. The molecule has 0 radical (unpaired) electrons. The summed E-state index contributed by atoms with van der Waals surface area (Å²) in [7, 11) is 0. The van der Waals surface area contributed by atoms with Crippen LogP contribution in [0, 0.1) is 0 Å². The van der Waals surface area contributed by atoms with Crippen molar-refractivity contribution in [2.75, 3.05) is 11.9 Å². The number of benzene rings is 2. The molecule has 30 heavy (non-hydrogen) atoms. The molecule has 0 saturated heterocycles. The number of amides is 1. The maximum Gasteiger partial charge on any atom is 0.274 e. The lowest BCUT2D eigenvalue weighted by Crippen LogP contribution is -2.36. The summed E-state index contributed by atoms with van der Waals surface area (Å²) in [5, 5.41) is 11.3. The van der Waals surface area contributed by atoms with Gasteiger partial charge in [-0.15, -0.1) is 0 Å². The van der Waals surface area contributed by atoms with E-state index >= 15 is 0 Å². The van der Waals surface area contributed by atoms with Gasteiger partial charge in [0.2, 0.25) is 0 Å². The molecule has 0 aliphatic carbocycles. The number of nitrogens with one attached hydrogen (secondary N) is 2. The highest BCUT2D eigenvalue weighted by atomic mass is 16.2. The van der Waals surface area contributed by atoms with Gasteiger partial charge in [0.05, 0.1) is 5.52 Å². The molecule has 7 heteroatoms. The minimum atomic E-state index is -0.102. The van der Waals surface area contributed by atoms with Crippen LogP contribution in [0.3, 0.4) is 0 Å². The molecule has 0 aliphatic heterocycles. The van der Waals surface area contributed by atoms with Crippen molar-refractivity contribution in [2.24, 2.45) is 0 Å². The maximum atomic E-state index is 12.7. The molecule has 0 unspecified atom stereocenters. The second kappa shape index (κ2) is 8.32. The van der Waals surface area contributed by atoms with Gasteiger partial charge in [-0.1, -0.05) is 42.5 Å². The highest BCUT2D eigenvalue weighted by Gasteiger charge is 2.20. The van der Waals surface area contributed by atoms with Crippen molar-refractivity contribution >= 4 is 28.4 Å². The Morgan fingerprint density at radius 1 is 1.07 bits per heavy atom. The number of para-hydroxylation sites is 1. The monoisotopic (exact) mass is 400 g/mol. The summed E-state index contributed by atoms with van der Waals surface area (Å²) < 4.78 is 0. The van der Waals surface area contributed by atoms with Crippen molar-refractivity contribution in [1.29, 1.82) is 0 Å². The summed E-state index contributed by atoms with van der Waals surface area (Å²) in [6.45, 7) is 6.57. The number of rotatable bonds is 6. The van der Waals surface area contributed by atoms with E-state index < -0.39 is 0 Å². The molecule has 7 nitrogen and oxygen atoms in total. The number of H-pyrrole nitrogens is 1. The van der Waals surface area contributed by atoms with Crippen molar-refractivity contribution in [3.05, 3.63) is 66.4 Å². The van der Waals surface area contributed by atoms with E-state index in [1.807, 2.05) is 75.4 Å². The first-order chi connectivity index (χ1) is 14.6. The molecule has 2 aromatic heterocycles. The average molecular weight is 400 g/mol. The number of hydrogen-bond acceptors (Lipinski definition) is 5. The van der Waals surface area contributed by atoms with Gasteiger partial charge in [-0.25, -0.2) is 9.97 Å². The normalized spacial score (nSPS) is 11.1. The average Bonchev–Trinajstić information content (AvgIpc) is 3.23. The molecule has 0 saturated carbocycles. The third-order valence-corrected chi connectivity index (χ3v) is 4.91. The van der Waals surface area contributed by atoms with Crippen LogP contribution in [0.15, 0.2) is 60.7 Å². The Hall–Kier alpha value is -3.74. The van der Waals surface area contributed by atoms with Gasteiger partial charge in [0, 0.05) is 29.6 Å². The number of carbonyl (C=O) groups is 1. The lowest BCUT2D eigenvalue weighted by molar-refractivity contribution is 0.0711. The van der Waals surface area contributed by atoms with Crippen LogP contribution in [0.25, 0.3) is 22.3 Å². The molecular weight excluding hydrogens is 376 g/mol. The minimum absolute atomic E-state index is 0.102. The topological polar surface area (TPSA) is 86.8 Å². The molecule has 2 aromatic carbocycles. The predicted molar refractivity (Wildman–Crippen MR) is 119 cm³/mol. The number of aromatic amines is 1. The number of aromatic nitrogens is 4. The molecule has 0 spiro atoms. The van der Waals surface area contributed by atoms with Gasteiger partial charge in [-0.2, -0.15) is 5.10 Å². The number of hydrogen-bond donors (Lipinski definition) is 2. The molecule has 2 N–H and O–H groups in total. The van der Waals surface area contributed by atoms with Crippen LogP contribution in [0.5, 0.6) is 0 Å². The second-order valence-electron chi connectivity index (χ2n) is 7.26. The van der Waals surface area contributed by atoms with Crippen LogP contribution in [-0.4, -0.2) is 43.6 Å². The number of carbonyl (C=O) groups excluding carboxylic acids is 1. The van der Waals surface area contributed by atoms with E-state index in [4.69, 9.17) is 9.97 Å². The van der Waals surface area contributed by atoms with Gasteiger partial charge < -0.3 is 10.2 Å². The van der Waals surface area contributed by atoms with E-state index in [2.05, 4.69) is 15.5 Å².